The highest BCUT2D eigenvalue weighted by Gasteiger charge is 2.06. The van der Waals surface area contributed by atoms with Gasteiger partial charge in [0.2, 0.25) is 0 Å². The number of hydrogen-bond acceptors (Lipinski definition) is 1. The SMILES string of the molecule is C.CC.C[NH2+]c1ccc([NH2+]c2ccc([NH2+]c3ccc([NH2+]c4ccc(C)cc4)cc3)cc2)cc1.I.Nc1ccccc1.[CH3-].[CH3-].[CH3-].[CH3-]. The third kappa shape index (κ3) is 17.5. The summed E-state index contributed by atoms with van der Waals surface area (Å²) in [6, 6.07) is 44.1. The molecule has 0 spiro atoms. The molecule has 0 heterocycles. The Hall–Kier alpha value is -3.53. The van der Waals surface area contributed by atoms with E-state index >= 15 is 0 Å². The fourth-order valence-corrected chi connectivity index (χ4v) is 3.85. The minimum absolute atomic E-state index is 0. The number of hydrogen-bond donors (Lipinski definition) is 5. The lowest BCUT2D eigenvalue weighted by molar-refractivity contribution is -0.539. The van der Waals surface area contributed by atoms with Crippen molar-refractivity contribution in [2.45, 2.75) is 28.2 Å². The molecule has 5 aromatic carbocycles. The molecule has 0 unspecified atom stereocenters. The van der Waals surface area contributed by atoms with Crippen LogP contribution in [0.3, 0.4) is 0 Å². The minimum Gasteiger partial charge on any atom is -0.399 e. The highest BCUT2D eigenvalue weighted by molar-refractivity contribution is 14.0. The molecule has 0 radical (unpaired) electrons. The standard InChI is InChI=1S/C26H26N4.C6H7N.C2H6.CH4.4CH3.HI/c1-19-3-5-21(6-4-19)28-23-11-13-25(14-12-23)30-26-17-15-24(16-18-26)29-22-9-7-20(27-2)8-10-22;7-6-4-2-1-3-5-6;1-2;;;;;;/h3-18,27-30H,1-2H3;1-5H,7H2;1-2H3;1H4;4*1H3;1H/q;;;;4*-1;/p+4. The van der Waals surface area contributed by atoms with Gasteiger partial charge >= 0.3 is 0 Å². The zero-order valence-corrected chi connectivity index (χ0v) is 30.2. The first-order valence-corrected chi connectivity index (χ1v) is 13.6. The molecule has 0 amide bonds. The molecule has 248 valence electrons. The van der Waals surface area contributed by atoms with Gasteiger partial charge in [0.1, 0.15) is 39.8 Å². The highest BCUT2D eigenvalue weighted by atomic mass is 127. The molecular weight excluding hydrogens is 665 g/mol. The van der Waals surface area contributed by atoms with Gasteiger partial charge in [0.25, 0.3) is 0 Å². The molecule has 0 aliphatic rings. The number of benzene rings is 5. The summed E-state index contributed by atoms with van der Waals surface area (Å²) in [5.41, 5.74) is 16.0. The molecule has 0 aliphatic carbocycles. The molecule has 6 heteroatoms. The fourth-order valence-electron chi connectivity index (χ4n) is 3.85. The summed E-state index contributed by atoms with van der Waals surface area (Å²) in [4.78, 5) is 0. The molecule has 0 saturated heterocycles. The largest absolute Gasteiger partial charge is 0.399 e. The maximum atomic E-state index is 5.36. The number of anilines is 1. The molecule has 0 aromatic heterocycles. The third-order valence-electron chi connectivity index (χ3n) is 6.02. The Labute approximate surface area is 293 Å². The van der Waals surface area contributed by atoms with Crippen LogP contribution in [0.4, 0.5) is 45.5 Å². The molecule has 0 bridgehead atoms. The number of aryl methyl sites for hydroxylation is 1. The summed E-state index contributed by atoms with van der Waals surface area (Å²) >= 11 is 0. The summed E-state index contributed by atoms with van der Waals surface area (Å²) in [7, 11) is 2.06. The van der Waals surface area contributed by atoms with Gasteiger partial charge in [-0.05, 0) is 31.2 Å². The van der Waals surface area contributed by atoms with Crippen LogP contribution in [0.5, 0.6) is 0 Å². The Bertz CT molecular complexity index is 1360. The zero-order valence-electron chi connectivity index (χ0n) is 27.9. The Kier molecular flexibility index (Phi) is 28.8. The Morgan fingerprint density at radius 2 is 0.667 bits per heavy atom. The van der Waals surface area contributed by atoms with Crippen LogP contribution in [-0.2, 0) is 0 Å². The average molecular weight is 726 g/mol. The monoisotopic (exact) mass is 725 g/mol. The lowest BCUT2D eigenvalue weighted by atomic mass is 10.2. The predicted molar refractivity (Wildman–Crippen MR) is 212 cm³/mol. The quantitative estimate of drug-likeness (QED) is 0.0663. The number of halogens is 1. The van der Waals surface area contributed by atoms with Crippen LogP contribution in [-0.4, -0.2) is 7.05 Å². The summed E-state index contributed by atoms with van der Waals surface area (Å²) < 4.78 is 0. The van der Waals surface area contributed by atoms with Crippen molar-refractivity contribution in [1.29, 1.82) is 0 Å². The highest BCUT2D eigenvalue weighted by Crippen LogP contribution is 2.13. The van der Waals surface area contributed by atoms with Gasteiger partial charge in [0, 0.05) is 78.5 Å². The summed E-state index contributed by atoms with van der Waals surface area (Å²) in [5, 5.41) is 8.74. The molecule has 0 aliphatic heterocycles. The zero-order chi connectivity index (χ0) is 27.9. The van der Waals surface area contributed by atoms with Gasteiger partial charge in [-0.1, -0.05) is 57.2 Å². The van der Waals surface area contributed by atoms with Crippen LogP contribution >= 0.6 is 24.0 Å². The van der Waals surface area contributed by atoms with Crippen molar-refractivity contribution in [2.75, 3.05) is 12.8 Å². The van der Waals surface area contributed by atoms with E-state index in [1.807, 2.05) is 44.2 Å². The molecule has 5 aromatic rings. The van der Waals surface area contributed by atoms with E-state index in [-0.39, 0.29) is 61.1 Å². The van der Waals surface area contributed by atoms with E-state index in [1.165, 1.54) is 45.4 Å². The Morgan fingerprint density at radius 1 is 0.422 bits per heavy atom. The van der Waals surface area contributed by atoms with Gasteiger partial charge in [-0.15, -0.1) is 24.0 Å². The second kappa shape index (κ2) is 26.8. The van der Waals surface area contributed by atoms with Crippen LogP contribution in [0.25, 0.3) is 0 Å². The third-order valence-corrected chi connectivity index (χ3v) is 6.02. The average Bonchev–Trinajstić information content (AvgIpc) is 2.98. The number of para-hydroxylation sites is 1. The first-order valence-electron chi connectivity index (χ1n) is 13.6. The second-order valence-corrected chi connectivity index (χ2v) is 9.04. The van der Waals surface area contributed by atoms with Crippen LogP contribution in [0.2, 0.25) is 0 Å². The molecule has 10 N–H and O–H groups in total. The molecule has 0 saturated carbocycles. The van der Waals surface area contributed by atoms with E-state index < -0.39 is 0 Å². The van der Waals surface area contributed by atoms with Crippen molar-refractivity contribution in [3.63, 3.8) is 0 Å². The first kappa shape index (κ1) is 48.4. The summed E-state index contributed by atoms with van der Waals surface area (Å²) in [5.74, 6) is 0. The van der Waals surface area contributed by atoms with Crippen molar-refractivity contribution < 1.29 is 21.3 Å². The van der Waals surface area contributed by atoms with Gasteiger partial charge in [0.05, 0.1) is 7.05 Å². The normalized spacial score (nSPS) is 8.71. The van der Waals surface area contributed by atoms with Crippen LogP contribution in [0.1, 0.15) is 26.8 Å². The maximum absolute atomic E-state index is 5.36. The van der Waals surface area contributed by atoms with Gasteiger partial charge < -0.3 is 40.8 Å². The van der Waals surface area contributed by atoms with Crippen LogP contribution < -0.4 is 27.0 Å². The molecule has 45 heavy (non-hydrogen) atoms. The van der Waals surface area contributed by atoms with Crippen molar-refractivity contribution in [3.8, 4) is 0 Å². The maximum Gasteiger partial charge on any atom is 0.135 e. The van der Waals surface area contributed by atoms with Crippen molar-refractivity contribution >= 4 is 69.5 Å². The van der Waals surface area contributed by atoms with E-state index in [0.29, 0.717) is 0 Å². The Balaban J connectivity index is -0.000000494. The van der Waals surface area contributed by atoms with Gasteiger partial charge in [-0.2, -0.15) is 0 Å². The number of nitrogen functional groups attached to an aromatic ring is 1. The predicted octanol–water partition coefficient (Wildman–Crippen LogP) is 7.75. The lowest BCUT2D eigenvalue weighted by Gasteiger charge is -2.04. The number of nitrogens with two attached hydrogens (primary N) is 5. The molecule has 5 nitrogen and oxygen atoms in total. The van der Waals surface area contributed by atoms with Crippen molar-refractivity contribution in [3.05, 3.63) is 163 Å². The lowest BCUT2D eigenvalue weighted by Crippen LogP contribution is -2.73. The molecular formula is C39H60IN5. The van der Waals surface area contributed by atoms with Crippen molar-refractivity contribution in [1.82, 2.24) is 0 Å². The van der Waals surface area contributed by atoms with Gasteiger partial charge in [0.15, 0.2) is 0 Å². The van der Waals surface area contributed by atoms with E-state index in [0.717, 1.165) is 5.69 Å². The van der Waals surface area contributed by atoms with Gasteiger partial charge in [-0.3, -0.25) is 16.0 Å². The molecule has 0 fully saturated rings. The van der Waals surface area contributed by atoms with Crippen LogP contribution in [0, 0.1) is 36.6 Å². The second-order valence-electron chi connectivity index (χ2n) is 9.04. The van der Waals surface area contributed by atoms with Gasteiger partial charge in [-0.25, -0.2) is 0 Å². The minimum atomic E-state index is 0. The number of rotatable bonds is 7. The van der Waals surface area contributed by atoms with E-state index in [4.69, 9.17) is 5.73 Å². The van der Waals surface area contributed by atoms with E-state index in [2.05, 4.69) is 132 Å². The fraction of sp³-hybridized carbons (Fsp3) is 0.128. The molecule has 5 rings (SSSR count). The Morgan fingerprint density at radius 3 is 0.889 bits per heavy atom. The van der Waals surface area contributed by atoms with E-state index in [1.54, 1.807) is 0 Å². The van der Waals surface area contributed by atoms with E-state index in [9.17, 15) is 0 Å². The van der Waals surface area contributed by atoms with Crippen LogP contribution in [0.15, 0.2) is 127 Å². The van der Waals surface area contributed by atoms with Crippen molar-refractivity contribution in [2.24, 2.45) is 0 Å². The first-order chi connectivity index (χ1) is 19.1. The smallest absolute Gasteiger partial charge is 0.135 e. The summed E-state index contributed by atoms with van der Waals surface area (Å²) in [6.07, 6.45) is 0. The number of quaternary nitrogens is 4. The summed E-state index contributed by atoms with van der Waals surface area (Å²) in [6.45, 7) is 6.11. The molecule has 0 atom stereocenters. The topological polar surface area (TPSA) is 92.5 Å².